The predicted octanol–water partition coefficient (Wildman–Crippen LogP) is 3.96. The summed E-state index contributed by atoms with van der Waals surface area (Å²) in [5, 5.41) is 12.3. The topological polar surface area (TPSA) is 106 Å². The molecule has 0 spiro atoms. The molecule has 10 heteroatoms. The molecule has 0 radical (unpaired) electrons. The van der Waals surface area contributed by atoms with Gasteiger partial charge >= 0.3 is 5.97 Å². The van der Waals surface area contributed by atoms with Gasteiger partial charge in [-0.25, -0.2) is 9.79 Å². The van der Waals surface area contributed by atoms with Gasteiger partial charge < -0.3 is 24.6 Å². The fraction of sp³-hybridized carbons (Fsp3) is 0.150. The quantitative estimate of drug-likeness (QED) is 0.644. The first-order chi connectivity index (χ1) is 14.4. The van der Waals surface area contributed by atoms with Gasteiger partial charge in [-0.05, 0) is 53.7 Å². The molecule has 1 fully saturated rings. The van der Waals surface area contributed by atoms with E-state index in [4.69, 9.17) is 25.8 Å². The highest BCUT2D eigenvalue weighted by Crippen LogP contribution is 2.39. The summed E-state index contributed by atoms with van der Waals surface area (Å²) >= 11 is 6.99. The van der Waals surface area contributed by atoms with Crippen LogP contribution < -0.4 is 19.5 Å². The van der Waals surface area contributed by atoms with Gasteiger partial charge in [0.05, 0.1) is 42.5 Å². The molecular weight excluding hydrogens is 432 g/mol. The fourth-order valence-corrected chi connectivity index (χ4v) is 3.72. The van der Waals surface area contributed by atoms with Gasteiger partial charge in [-0.1, -0.05) is 11.6 Å². The van der Waals surface area contributed by atoms with Gasteiger partial charge in [0.2, 0.25) is 5.75 Å². The third kappa shape index (κ3) is 4.52. The lowest BCUT2D eigenvalue weighted by atomic mass is 10.1. The van der Waals surface area contributed by atoms with Crippen molar-refractivity contribution in [3.8, 4) is 17.2 Å². The number of nitrogens with zero attached hydrogens (tertiary/aromatic N) is 1. The van der Waals surface area contributed by atoms with Crippen LogP contribution >= 0.6 is 23.4 Å². The molecule has 0 bridgehead atoms. The van der Waals surface area contributed by atoms with E-state index in [9.17, 15) is 14.7 Å². The number of amides is 1. The molecule has 2 aromatic carbocycles. The predicted molar refractivity (Wildman–Crippen MR) is 115 cm³/mol. The van der Waals surface area contributed by atoms with Crippen LogP contribution in [0.2, 0.25) is 5.02 Å². The molecule has 2 N–H and O–H groups in total. The molecule has 0 aliphatic carbocycles. The fourth-order valence-electron chi connectivity index (χ4n) is 2.68. The third-order valence-electron chi connectivity index (χ3n) is 4.05. The van der Waals surface area contributed by atoms with Crippen molar-refractivity contribution in [2.24, 2.45) is 4.99 Å². The van der Waals surface area contributed by atoms with Crippen LogP contribution in [0.25, 0.3) is 6.08 Å². The van der Waals surface area contributed by atoms with E-state index in [0.717, 1.165) is 11.8 Å². The van der Waals surface area contributed by atoms with Gasteiger partial charge in [0.1, 0.15) is 0 Å². The lowest BCUT2D eigenvalue weighted by Crippen LogP contribution is -2.19. The summed E-state index contributed by atoms with van der Waals surface area (Å²) < 4.78 is 16.0. The minimum atomic E-state index is -1.16. The Kier molecular flexibility index (Phi) is 6.53. The second-order valence-electron chi connectivity index (χ2n) is 5.91. The number of rotatable bonds is 6. The van der Waals surface area contributed by atoms with Gasteiger partial charge in [0.15, 0.2) is 16.7 Å². The van der Waals surface area contributed by atoms with Crippen molar-refractivity contribution < 1.29 is 28.9 Å². The van der Waals surface area contributed by atoms with E-state index in [1.807, 2.05) is 0 Å². The Morgan fingerprint density at radius 1 is 1.13 bits per heavy atom. The van der Waals surface area contributed by atoms with E-state index in [0.29, 0.717) is 38.6 Å². The number of halogens is 1. The molecule has 0 saturated carbocycles. The molecule has 30 heavy (non-hydrogen) atoms. The summed E-state index contributed by atoms with van der Waals surface area (Å²) in [7, 11) is 4.52. The third-order valence-corrected chi connectivity index (χ3v) is 5.29. The Labute approximate surface area is 181 Å². The van der Waals surface area contributed by atoms with Crippen LogP contribution in [0.4, 0.5) is 5.69 Å². The van der Waals surface area contributed by atoms with Gasteiger partial charge in [0.25, 0.3) is 5.91 Å². The Balaban J connectivity index is 1.91. The molecule has 1 heterocycles. The summed E-state index contributed by atoms with van der Waals surface area (Å²) in [5.74, 6) is -0.121. The second-order valence-corrected chi connectivity index (χ2v) is 7.35. The number of carbonyl (C=O) groups excluding carboxylic acids is 1. The normalized spacial score (nSPS) is 15.9. The lowest BCUT2D eigenvalue weighted by Gasteiger charge is -2.12. The number of carboxylic acid groups (broad SMARTS) is 1. The molecule has 1 amide bonds. The summed E-state index contributed by atoms with van der Waals surface area (Å²) in [6.07, 6.45) is 1.66. The van der Waals surface area contributed by atoms with Crippen molar-refractivity contribution in [1.82, 2.24) is 5.32 Å². The first-order valence-corrected chi connectivity index (χ1v) is 9.68. The summed E-state index contributed by atoms with van der Waals surface area (Å²) in [5.41, 5.74) is 0.956. The smallest absolute Gasteiger partial charge is 0.337 e. The highest BCUT2D eigenvalue weighted by molar-refractivity contribution is 8.18. The van der Waals surface area contributed by atoms with E-state index < -0.39 is 5.97 Å². The van der Waals surface area contributed by atoms with E-state index >= 15 is 0 Å². The van der Waals surface area contributed by atoms with E-state index in [1.54, 1.807) is 24.3 Å². The number of thioether (sulfide) groups is 1. The van der Waals surface area contributed by atoms with Crippen LogP contribution in [-0.4, -0.2) is 43.5 Å². The molecule has 0 unspecified atom stereocenters. The van der Waals surface area contributed by atoms with Gasteiger partial charge in [0, 0.05) is 0 Å². The minimum absolute atomic E-state index is 0.0685. The van der Waals surface area contributed by atoms with Crippen molar-refractivity contribution >= 4 is 52.2 Å². The van der Waals surface area contributed by atoms with Crippen LogP contribution in [0.1, 0.15) is 15.9 Å². The van der Waals surface area contributed by atoms with Crippen LogP contribution in [-0.2, 0) is 4.79 Å². The van der Waals surface area contributed by atoms with E-state index in [1.165, 1.54) is 33.5 Å². The summed E-state index contributed by atoms with van der Waals surface area (Å²) in [6, 6.07) is 7.78. The van der Waals surface area contributed by atoms with Crippen LogP contribution in [0.15, 0.2) is 40.2 Å². The zero-order chi connectivity index (χ0) is 21.8. The first-order valence-electron chi connectivity index (χ1n) is 8.48. The molecular formula is C20H17ClN2O6S. The molecule has 156 valence electrons. The average Bonchev–Trinajstić information content (AvgIpc) is 3.06. The van der Waals surface area contributed by atoms with Crippen molar-refractivity contribution in [2.45, 2.75) is 0 Å². The average molecular weight is 449 g/mol. The van der Waals surface area contributed by atoms with Gasteiger partial charge in [-0.15, -0.1) is 0 Å². The Morgan fingerprint density at radius 2 is 1.80 bits per heavy atom. The van der Waals surface area contributed by atoms with Gasteiger partial charge in [-0.3, -0.25) is 4.79 Å². The number of hydrogen-bond acceptors (Lipinski definition) is 7. The molecule has 1 saturated heterocycles. The Hall–Kier alpha value is -3.17. The zero-order valence-corrected chi connectivity index (χ0v) is 17.8. The SMILES string of the molecule is COc1cc(C=C2SC(=Nc3ccc(Cl)c(C(=O)O)c3)NC2=O)cc(OC)c1OC. The number of benzene rings is 2. The number of carbonyl (C=O) groups is 2. The number of ether oxygens (including phenoxy) is 3. The van der Waals surface area contributed by atoms with E-state index in [2.05, 4.69) is 10.3 Å². The molecule has 0 aromatic heterocycles. The van der Waals surface area contributed by atoms with Gasteiger partial charge in [-0.2, -0.15) is 0 Å². The van der Waals surface area contributed by atoms with E-state index in [-0.39, 0.29) is 16.5 Å². The van der Waals surface area contributed by atoms with Crippen molar-refractivity contribution in [2.75, 3.05) is 21.3 Å². The number of amidine groups is 1. The van der Waals surface area contributed by atoms with Crippen molar-refractivity contribution in [3.05, 3.63) is 51.4 Å². The molecule has 1 aliphatic rings. The standard InChI is InChI=1S/C20H17ClN2O6S/c1-27-14-6-10(7-15(28-2)17(14)29-3)8-16-18(24)23-20(30-16)22-11-4-5-13(21)12(9-11)19(25)26/h4-9H,1-3H3,(H,25,26)(H,22,23,24). The molecule has 1 aliphatic heterocycles. The summed E-state index contributed by atoms with van der Waals surface area (Å²) in [4.78, 5) is 28.3. The Bertz CT molecular complexity index is 1060. The van der Waals surface area contributed by atoms with Crippen LogP contribution in [0.5, 0.6) is 17.2 Å². The van der Waals surface area contributed by atoms with Crippen molar-refractivity contribution in [1.29, 1.82) is 0 Å². The van der Waals surface area contributed by atoms with Crippen LogP contribution in [0.3, 0.4) is 0 Å². The highest BCUT2D eigenvalue weighted by atomic mass is 35.5. The number of nitrogens with one attached hydrogen (secondary N) is 1. The molecule has 0 atom stereocenters. The molecule has 2 aromatic rings. The minimum Gasteiger partial charge on any atom is -0.493 e. The second kappa shape index (κ2) is 9.10. The number of aliphatic imine (C=N–C) groups is 1. The summed E-state index contributed by atoms with van der Waals surface area (Å²) in [6.45, 7) is 0. The maximum atomic E-state index is 12.4. The van der Waals surface area contributed by atoms with Crippen molar-refractivity contribution in [3.63, 3.8) is 0 Å². The monoisotopic (exact) mass is 448 g/mol. The zero-order valence-electron chi connectivity index (χ0n) is 16.2. The first kappa shape index (κ1) is 21.5. The number of carboxylic acids is 1. The number of methoxy groups -OCH3 is 3. The Morgan fingerprint density at radius 3 is 2.37 bits per heavy atom. The maximum absolute atomic E-state index is 12.4. The largest absolute Gasteiger partial charge is 0.493 e. The molecule has 8 nitrogen and oxygen atoms in total. The highest BCUT2D eigenvalue weighted by Gasteiger charge is 2.24. The van der Waals surface area contributed by atoms with Crippen LogP contribution in [0, 0.1) is 0 Å². The molecule has 3 rings (SSSR count). The number of hydrogen-bond donors (Lipinski definition) is 2. The maximum Gasteiger partial charge on any atom is 0.337 e. The lowest BCUT2D eigenvalue weighted by molar-refractivity contribution is -0.115. The number of aromatic carboxylic acids is 1.